The summed E-state index contributed by atoms with van der Waals surface area (Å²) in [4.78, 5) is 29.1. The van der Waals surface area contributed by atoms with Gasteiger partial charge in [-0.2, -0.15) is 9.94 Å². The number of amides is 2. The van der Waals surface area contributed by atoms with Crippen molar-refractivity contribution in [1.82, 2.24) is 25.2 Å². The highest BCUT2D eigenvalue weighted by Crippen LogP contribution is 2.61. The molecule has 1 aromatic carbocycles. The lowest BCUT2D eigenvalue weighted by molar-refractivity contribution is -0.113. The molecular weight excluding hydrogens is 476 g/mol. The number of aromatic nitrogens is 3. The Morgan fingerprint density at radius 2 is 1.87 bits per heavy atom. The lowest BCUT2D eigenvalue weighted by Crippen LogP contribution is -2.60. The Kier molecular flexibility index (Phi) is 6.28. The molecule has 1 aliphatic heterocycles. The molecule has 6 atom stereocenters. The smallest absolute Gasteiger partial charge is 0.347 e. The maximum atomic E-state index is 13.6. The minimum Gasteiger partial charge on any atom is -0.349 e. The van der Waals surface area contributed by atoms with Crippen LogP contribution in [0.15, 0.2) is 24.3 Å². The first-order valence-electron chi connectivity index (χ1n) is 14.4. The number of rotatable bonds is 3. The first-order valence-corrected chi connectivity index (χ1v) is 14.4. The van der Waals surface area contributed by atoms with Gasteiger partial charge in [-0.1, -0.05) is 57.0 Å². The zero-order valence-corrected chi connectivity index (χ0v) is 22.7. The fourth-order valence-corrected chi connectivity index (χ4v) is 8.16. The lowest BCUT2D eigenvalue weighted by atomic mass is 9.45. The molecule has 1 N–H and O–H groups in total. The van der Waals surface area contributed by atoms with Crippen LogP contribution in [0.4, 0.5) is 4.79 Å². The topological polar surface area (TPSA) is 104 Å². The number of carbonyl (C=O) groups excluding carboxylic acids is 2. The molecule has 5 aliphatic rings. The van der Waals surface area contributed by atoms with Gasteiger partial charge in [0.1, 0.15) is 11.8 Å². The second-order valence-corrected chi connectivity index (χ2v) is 12.6. The third-order valence-electron chi connectivity index (χ3n) is 10.5. The molecule has 2 heterocycles. The van der Waals surface area contributed by atoms with Crippen molar-refractivity contribution in [2.45, 2.75) is 84.2 Å². The summed E-state index contributed by atoms with van der Waals surface area (Å²) in [5.41, 5.74) is 1.70. The first kappa shape index (κ1) is 25.1. The largest absolute Gasteiger partial charge is 0.349 e. The van der Waals surface area contributed by atoms with Crippen molar-refractivity contribution in [2.24, 2.45) is 29.1 Å². The van der Waals surface area contributed by atoms with Crippen molar-refractivity contribution in [3.05, 3.63) is 35.5 Å². The van der Waals surface area contributed by atoms with Gasteiger partial charge in [0.25, 0.3) is 5.91 Å². The molecule has 38 heavy (non-hydrogen) atoms. The fraction of sp³-hybridized carbons (Fsp3) is 0.633. The Bertz CT molecular complexity index is 1290. The highest BCUT2D eigenvalue weighted by Gasteiger charge is 2.56. The van der Waals surface area contributed by atoms with Gasteiger partial charge >= 0.3 is 6.03 Å². The predicted molar refractivity (Wildman–Crippen MR) is 143 cm³/mol. The number of nitrogens with one attached hydrogen (secondary N) is 1. The van der Waals surface area contributed by atoms with Crippen LogP contribution in [-0.2, 0) is 0 Å². The van der Waals surface area contributed by atoms with E-state index >= 15 is 0 Å². The molecular formula is C30H38N6O2. The summed E-state index contributed by atoms with van der Waals surface area (Å²) in [7, 11) is 0. The molecule has 2 unspecified atom stereocenters. The molecule has 1 aromatic heterocycles. The second kappa shape index (κ2) is 9.52. The lowest BCUT2D eigenvalue weighted by Gasteiger charge is -2.62. The summed E-state index contributed by atoms with van der Waals surface area (Å²) in [5, 5.41) is 21.8. The summed E-state index contributed by atoms with van der Waals surface area (Å²) < 4.78 is 1.15. The van der Waals surface area contributed by atoms with Crippen molar-refractivity contribution in [3.8, 4) is 17.3 Å². The van der Waals surface area contributed by atoms with E-state index in [2.05, 4.69) is 42.5 Å². The molecule has 8 nitrogen and oxygen atoms in total. The standard InChI is InChI=1S/C30H38N6O2/c1-18-23-15-20(30(23,2)3)16-24(18)32-28(37)22-12-6-5-11-21(22)27-26(17-31)36(34-33-27)29(38)35-14-8-10-19-9-4-7-13-25(19)35/h5-6,11-12,18-20,23-25H,4,7-10,13-16H2,1-3H3,(H,32,37)/t18-,19?,20-,23+,24-,25?/m0/s1. The molecule has 200 valence electrons. The van der Waals surface area contributed by atoms with Gasteiger partial charge in [-0.3, -0.25) is 4.79 Å². The Morgan fingerprint density at radius 1 is 1.11 bits per heavy atom. The zero-order chi connectivity index (χ0) is 26.6. The van der Waals surface area contributed by atoms with Gasteiger partial charge in [0.15, 0.2) is 5.69 Å². The number of nitriles is 1. The van der Waals surface area contributed by atoms with Crippen LogP contribution in [0.25, 0.3) is 11.3 Å². The van der Waals surface area contributed by atoms with Gasteiger partial charge in [0.05, 0.1) is 0 Å². The predicted octanol–water partition coefficient (Wildman–Crippen LogP) is 5.24. The van der Waals surface area contributed by atoms with Crippen LogP contribution in [0.1, 0.15) is 88.2 Å². The van der Waals surface area contributed by atoms with Crippen LogP contribution in [0.2, 0.25) is 0 Å². The molecule has 4 saturated carbocycles. The number of benzene rings is 1. The van der Waals surface area contributed by atoms with Crippen LogP contribution >= 0.6 is 0 Å². The monoisotopic (exact) mass is 514 g/mol. The molecule has 0 radical (unpaired) electrons. The molecule has 0 spiro atoms. The Balaban J connectivity index is 1.26. The molecule has 8 heteroatoms. The molecule has 7 rings (SSSR count). The van der Waals surface area contributed by atoms with E-state index < -0.39 is 0 Å². The van der Waals surface area contributed by atoms with Crippen LogP contribution < -0.4 is 5.32 Å². The van der Waals surface area contributed by atoms with Gasteiger partial charge in [0, 0.05) is 29.8 Å². The van der Waals surface area contributed by atoms with Crippen LogP contribution in [0.3, 0.4) is 0 Å². The minimum atomic E-state index is -0.281. The normalized spacial score (nSPS) is 31.5. The number of fused-ring (bicyclic) bond motifs is 3. The number of likely N-dealkylation sites (tertiary alicyclic amines) is 1. The van der Waals surface area contributed by atoms with Crippen molar-refractivity contribution in [2.75, 3.05) is 6.54 Å². The second-order valence-electron chi connectivity index (χ2n) is 12.6. The number of hydrogen-bond acceptors (Lipinski definition) is 5. The van der Waals surface area contributed by atoms with E-state index in [-0.39, 0.29) is 35.4 Å². The van der Waals surface area contributed by atoms with Gasteiger partial charge < -0.3 is 10.2 Å². The molecule has 5 fully saturated rings. The highest BCUT2D eigenvalue weighted by atomic mass is 16.2. The molecule has 1 saturated heterocycles. The molecule has 2 bridgehead atoms. The quantitative estimate of drug-likeness (QED) is 0.603. The summed E-state index contributed by atoms with van der Waals surface area (Å²) in [6.45, 7) is 7.63. The van der Waals surface area contributed by atoms with Crippen molar-refractivity contribution in [1.29, 1.82) is 5.26 Å². The zero-order valence-electron chi connectivity index (χ0n) is 22.7. The van der Waals surface area contributed by atoms with E-state index in [1.54, 1.807) is 12.1 Å². The third-order valence-corrected chi connectivity index (χ3v) is 10.5. The maximum Gasteiger partial charge on any atom is 0.347 e. The molecule has 2 aromatic rings. The SMILES string of the molecule is C[C@@H]1[C@@H](NC(=O)c2ccccc2-c2nnn(C(=O)N3CCCC4CCCCC43)c2C#N)C[C@@H]2C[C@H]1C2(C)C. The number of hydrogen-bond donors (Lipinski definition) is 1. The van der Waals surface area contributed by atoms with E-state index in [0.29, 0.717) is 46.8 Å². The van der Waals surface area contributed by atoms with Crippen LogP contribution in [-0.4, -0.2) is 50.5 Å². The summed E-state index contributed by atoms with van der Waals surface area (Å²) in [5.74, 6) is 2.03. The third kappa shape index (κ3) is 3.93. The summed E-state index contributed by atoms with van der Waals surface area (Å²) in [6.07, 6.45) is 8.87. The number of carbonyl (C=O) groups is 2. The van der Waals surface area contributed by atoms with E-state index in [1.807, 2.05) is 17.0 Å². The average Bonchev–Trinajstić information content (AvgIpc) is 3.37. The maximum absolute atomic E-state index is 13.6. The Labute approximate surface area is 224 Å². The summed E-state index contributed by atoms with van der Waals surface area (Å²) in [6, 6.07) is 9.42. The van der Waals surface area contributed by atoms with Crippen LogP contribution in [0, 0.1) is 40.4 Å². The van der Waals surface area contributed by atoms with Gasteiger partial charge in [-0.25, -0.2) is 4.79 Å². The van der Waals surface area contributed by atoms with Crippen molar-refractivity contribution in [3.63, 3.8) is 0 Å². The Morgan fingerprint density at radius 3 is 2.63 bits per heavy atom. The van der Waals surface area contributed by atoms with E-state index in [9.17, 15) is 14.9 Å². The Hall–Kier alpha value is -3.21. The fourth-order valence-electron chi connectivity index (χ4n) is 8.16. The number of nitrogens with zero attached hydrogens (tertiary/aromatic N) is 5. The molecule has 2 amide bonds. The van der Waals surface area contributed by atoms with E-state index in [0.717, 1.165) is 43.2 Å². The van der Waals surface area contributed by atoms with Gasteiger partial charge in [0.2, 0.25) is 0 Å². The van der Waals surface area contributed by atoms with E-state index in [1.165, 1.54) is 12.8 Å². The van der Waals surface area contributed by atoms with Crippen molar-refractivity contribution >= 4 is 11.9 Å². The number of piperidine rings is 1. The summed E-state index contributed by atoms with van der Waals surface area (Å²) >= 11 is 0. The first-order chi connectivity index (χ1) is 18.3. The minimum absolute atomic E-state index is 0.0854. The van der Waals surface area contributed by atoms with Crippen molar-refractivity contribution < 1.29 is 9.59 Å². The van der Waals surface area contributed by atoms with E-state index in [4.69, 9.17) is 0 Å². The van der Waals surface area contributed by atoms with Crippen LogP contribution in [0.5, 0.6) is 0 Å². The molecule has 4 aliphatic carbocycles. The van der Waals surface area contributed by atoms with Gasteiger partial charge in [-0.15, -0.1) is 5.10 Å². The van der Waals surface area contributed by atoms with Gasteiger partial charge in [-0.05, 0) is 73.7 Å². The average molecular weight is 515 g/mol. The highest BCUT2D eigenvalue weighted by molar-refractivity contribution is 6.01.